The van der Waals surface area contributed by atoms with E-state index in [1.807, 2.05) is 31.1 Å². The van der Waals surface area contributed by atoms with Gasteiger partial charge in [-0.05, 0) is 48.0 Å². The average molecular weight is 408 g/mol. The minimum Gasteiger partial charge on any atom is -0.378 e. The maximum Gasteiger partial charge on any atom is 0.416 e. The lowest BCUT2D eigenvalue weighted by Crippen LogP contribution is -2.27. The van der Waals surface area contributed by atoms with Gasteiger partial charge in [-0.15, -0.1) is 0 Å². The molecular weight excluding hydrogens is 393 g/mol. The molecule has 1 amide bonds. The van der Waals surface area contributed by atoms with Crippen LogP contribution in [0.5, 0.6) is 0 Å². The lowest BCUT2D eigenvalue weighted by molar-refractivity contribution is -0.137. The average Bonchev–Trinajstić information content (AvgIpc) is 2.88. The van der Waals surface area contributed by atoms with Crippen LogP contribution in [0.15, 0.2) is 53.4 Å². The van der Waals surface area contributed by atoms with Gasteiger partial charge >= 0.3 is 6.18 Å². The number of rotatable bonds is 3. The van der Waals surface area contributed by atoms with E-state index in [2.05, 4.69) is 0 Å². The maximum atomic E-state index is 12.9. The molecule has 140 valence electrons. The van der Waals surface area contributed by atoms with Gasteiger partial charge in [0.2, 0.25) is 0 Å². The van der Waals surface area contributed by atoms with Crippen molar-refractivity contribution in [2.75, 3.05) is 23.9 Å². The lowest BCUT2D eigenvalue weighted by Gasteiger charge is -2.17. The van der Waals surface area contributed by atoms with Gasteiger partial charge in [-0.1, -0.05) is 36.1 Å². The van der Waals surface area contributed by atoms with Crippen LogP contribution in [0.4, 0.5) is 24.5 Å². The Morgan fingerprint density at radius 1 is 1.11 bits per heavy atom. The number of carbonyl (C=O) groups is 1. The summed E-state index contributed by atoms with van der Waals surface area (Å²) in [5, 5.41) is 0. The molecule has 1 fully saturated rings. The monoisotopic (exact) mass is 408 g/mol. The zero-order valence-corrected chi connectivity index (χ0v) is 16.1. The van der Waals surface area contributed by atoms with Gasteiger partial charge in [0.25, 0.3) is 5.91 Å². The third-order valence-corrected chi connectivity index (χ3v) is 5.23. The quantitative estimate of drug-likeness (QED) is 0.516. The number of thiocarbonyl (C=S) groups is 1. The van der Waals surface area contributed by atoms with Crippen LogP contribution in [-0.4, -0.2) is 24.3 Å². The fraction of sp³-hybridized carbons (Fsp3) is 0.158. The number of halogens is 3. The van der Waals surface area contributed by atoms with Crippen LogP contribution in [-0.2, 0) is 11.0 Å². The summed E-state index contributed by atoms with van der Waals surface area (Å²) in [6, 6.07) is 12.1. The summed E-state index contributed by atoms with van der Waals surface area (Å²) in [6.45, 7) is 0. The summed E-state index contributed by atoms with van der Waals surface area (Å²) in [5.74, 6) is -0.347. The van der Waals surface area contributed by atoms with Gasteiger partial charge in [0.1, 0.15) is 0 Å². The molecule has 1 heterocycles. The number of hydrogen-bond donors (Lipinski definition) is 0. The van der Waals surface area contributed by atoms with Crippen LogP contribution in [0.3, 0.4) is 0 Å². The van der Waals surface area contributed by atoms with E-state index in [0.29, 0.717) is 15.6 Å². The Kier molecular flexibility index (Phi) is 5.30. The molecule has 3 rings (SSSR count). The second-order valence-electron chi connectivity index (χ2n) is 6.05. The molecule has 1 saturated heterocycles. The van der Waals surface area contributed by atoms with Crippen molar-refractivity contribution < 1.29 is 18.0 Å². The zero-order valence-electron chi connectivity index (χ0n) is 14.4. The minimum atomic E-state index is -4.43. The van der Waals surface area contributed by atoms with Gasteiger partial charge in [-0.3, -0.25) is 9.69 Å². The van der Waals surface area contributed by atoms with E-state index in [9.17, 15) is 18.0 Å². The van der Waals surface area contributed by atoms with Gasteiger partial charge in [0, 0.05) is 19.8 Å². The van der Waals surface area contributed by atoms with E-state index < -0.39 is 11.7 Å². The molecule has 2 aromatic rings. The minimum absolute atomic E-state index is 0.288. The molecule has 8 heteroatoms. The topological polar surface area (TPSA) is 23.6 Å². The van der Waals surface area contributed by atoms with Gasteiger partial charge in [0.05, 0.1) is 16.2 Å². The Morgan fingerprint density at radius 3 is 2.37 bits per heavy atom. The molecule has 0 saturated carbocycles. The fourth-order valence-electron chi connectivity index (χ4n) is 2.55. The third kappa shape index (κ3) is 4.17. The number of carbonyl (C=O) groups excluding carboxylic acids is 1. The van der Waals surface area contributed by atoms with Crippen molar-refractivity contribution in [3.63, 3.8) is 0 Å². The number of alkyl halides is 3. The summed E-state index contributed by atoms with van der Waals surface area (Å²) >= 11 is 6.37. The summed E-state index contributed by atoms with van der Waals surface area (Å²) in [4.78, 5) is 16.3. The molecule has 0 radical (unpaired) electrons. The first-order valence-electron chi connectivity index (χ1n) is 7.89. The normalized spacial score (nSPS) is 16.3. The molecule has 0 bridgehead atoms. The van der Waals surface area contributed by atoms with E-state index in [1.54, 1.807) is 12.1 Å². The number of amides is 1. The van der Waals surface area contributed by atoms with Crippen LogP contribution in [0, 0.1) is 0 Å². The first kappa shape index (κ1) is 19.4. The van der Waals surface area contributed by atoms with Gasteiger partial charge in [0.15, 0.2) is 4.32 Å². The van der Waals surface area contributed by atoms with Gasteiger partial charge in [-0.25, -0.2) is 0 Å². The Morgan fingerprint density at radius 2 is 1.78 bits per heavy atom. The summed E-state index contributed by atoms with van der Waals surface area (Å²) < 4.78 is 38.9. The highest BCUT2D eigenvalue weighted by Crippen LogP contribution is 2.37. The summed E-state index contributed by atoms with van der Waals surface area (Å²) in [6.07, 6.45) is -3.00. The number of thioether (sulfide) groups is 1. The van der Waals surface area contributed by atoms with E-state index >= 15 is 0 Å². The molecule has 2 aromatic carbocycles. The predicted octanol–water partition coefficient (Wildman–Crippen LogP) is 5.18. The molecule has 0 unspecified atom stereocenters. The zero-order chi connectivity index (χ0) is 19.8. The Hall–Kier alpha value is -2.32. The van der Waals surface area contributed by atoms with Gasteiger partial charge < -0.3 is 4.90 Å². The van der Waals surface area contributed by atoms with Crippen molar-refractivity contribution in [3.8, 4) is 0 Å². The fourth-order valence-corrected chi connectivity index (χ4v) is 3.85. The van der Waals surface area contributed by atoms with E-state index in [1.165, 1.54) is 23.1 Å². The molecule has 0 N–H and O–H groups in total. The highest BCUT2D eigenvalue weighted by atomic mass is 32.2. The van der Waals surface area contributed by atoms with Crippen molar-refractivity contribution in [3.05, 3.63) is 64.6 Å². The van der Waals surface area contributed by atoms with Crippen molar-refractivity contribution in [1.82, 2.24) is 0 Å². The van der Waals surface area contributed by atoms with Crippen molar-refractivity contribution in [1.29, 1.82) is 0 Å². The molecule has 1 aliphatic rings. The SMILES string of the molecule is CN(C)c1ccc(N2C(=O)/C(=C\c3cccc(C(F)(F)F)c3)SC2=S)cc1. The molecule has 0 spiro atoms. The number of benzene rings is 2. The molecular formula is C19H15F3N2OS2. The molecule has 0 atom stereocenters. The summed E-state index contributed by atoms with van der Waals surface area (Å²) in [7, 11) is 3.82. The maximum absolute atomic E-state index is 12.9. The van der Waals surface area contributed by atoms with E-state index in [0.717, 1.165) is 29.6 Å². The van der Waals surface area contributed by atoms with Crippen LogP contribution in [0.25, 0.3) is 6.08 Å². The first-order chi connectivity index (χ1) is 12.7. The Bertz CT molecular complexity index is 921. The van der Waals surface area contributed by atoms with Crippen molar-refractivity contribution in [2.24, 2.45) is 0 Å². The molecule has 1 aliphatic heterocycles. The Balaban J connectivity index is 1.89. The molecule has 27 heavy (non-hydrogen) atoms. The molecule has 0 aromatic heterocycles. The largest absolute Gasteiger partial charge is 0.416 e. The smallest absolute Gasteiger partial charge is 0.378 e. The Labute approximate surface area is 164 Å². The second kappa shape index (κ2) is 7.36. The first-order valence-corrected chi connectivity index (χ1v) is 9.12. The van der Waals surface area contributed by atoms with Crippen LogP contribution >= 0.6 is 24.0 Å². The molecule has 3 nitrogen and oxygen atoms in total. The van der Waals surface area contributed by atoms with Crippen molar-refractivity contribution >= 4 is 51.7 Å². The number of nitrogens with zero attached hydrogens (tertiary/aromatic N) is 2. The second-order valence-corrected chi connectivity index (χ2v) is 7.73. The third-order valence-electron chi connectivity index (χ3n) is 3.93. The highest BCUT2D eigenvalue weighted by molar-refractivity contribution is 8.27. The predicted molar refractivity (Wildman–Crippen MR) is 108 cm³/mol. The number of anilines is 2. The summed E-state index contributed by atoms with van der Waals surface area (Å²) in [5.41, 5.74) is 1.14. The standard InChI is InChI=1S/C19H15F3N2OS2/c1-23(2)14-6-8-15(9-7-14)24-17(25)16(27-18(24)26)11-12-4-3-5-13(10-12)19(20,21)22/h3-11H,1-2H3/b16-11+. The van der Waals surface area contributed by atoms with Crippen LogP contribution in [0.1, 0.15) is 11.1 Å². The van der Waals surface area contributed by atoms with Crippen molar-refractivity contribution in [2.45, 2.75) is 6.18 Å². The lowest BCUT2D eigenvalue weighted by atomic mass is 10.1. The number of hydrogen-bond acceptors (Lipinski definition) is 4. The molecule has 0 aliphatic carbocycles. The van der Waals surface area contributed by atoms with Gasteiger partial charge in [-0.2, -0.15) is 13.2 Å². The van der Waals surface area contributed by atoms with Crippen LogP contribution in [0.2, 0.25) is 0 Å². The van der Waals surface area contributed by atoms with E-state index in [4.69, 9.17) is 12.2 Å². The van der Waals surface area contributed by atoms with E-state index in [-0.39, 0.29) is 10.8 Å². The highest BCUT2D eigenvalue weighted by Gasteiger charge is 2.34. The van der Waals surface area contributed by atoms with Crippen LogP contribution < -0.4 is 9.80 Å².